The monoisotopic (exact) mass is 465 g/mol. The van der Waals surface area contributed by atoms with Crippen LogP contribution in [0.4, 0.5) is 5.95 Å². The van der Waals surface area contributed by atoms with Gasteiger partial charge in [-0.05, 0) is 49.8 Å². The van der Waals surface area contributed by atoms with Gasteiger partial charge >= 0.3 is 0 Å². The first-order chi connectivity index (χ1) is 15.6. The number of ether oxygens (including phenoxy) is 1. The Balaban J connectivity index is 1.29. The van der Waals surface area contributed by atoms with Crippen molar-refractivity contribution in [2.45, 2.75) is 42.1 Å². The topological polar surface area (TPSA) is 55.6 Å². The number of piperidine rings is 1. The first-order valence-electron chi connectivity index (χ1n) is 11.0. The van der Waals surface area contributed by atoms with E-state index in [1.165, 1.54) is 6.42 Å². The molecule has 0 amide bonds. The molecule has 6 nitrogen and oxygen atoms in total. The average Bonchev–Trinajstić information content (AvgIpc) is 3.42. The largest absolute Gasteiger partial charge is 0.378 e. The van der Waals surface area contributed by atoms with E-state index in [1.54, 1.807) is 11.8 Å². The third-order valence-corrected chi connectivity index (χ3v) is 8.08. The van der Waals surface area contributed by atoms with Crippen LogP contribution in [0.1, 0.15) is 26.2 Å². The molecule has 4 aromatic rings. The highest BCUT2D eigenvalue weighted by atomic mass is 35.5. The molecule has 1 aromatic carbocycles. The second-order valence-electron chi connectivity index (χ2n) is 8.93. The fourth-order valence-corrected chi connectivity index (χ4v) is 6.23. The molecule has 5 heterocycles. The lowest BCUT2D eigenvalue weighted by molar-refractivity contribution is 0.0975. The number of aromatic nitrogens is 4. The van der Waals surface area contributed by atoms with Crippen LogP contribution in [0.15, 0.2) is 58.8 Å². The van der Waals surface area contributed by atoms with Crippen molar-refractivity contribution >= 4 is 45.9 Å². The van der Waals surface area contributed by atoms with Crippen LogP contribution >= 0.6 is 23.4 Å². The Morgan fingerprint density at radius 2 is 1.97 bits per heavy atom. The maximum atomic E-state index is 6.15. The van der Waals surface area contributed by atoms with Gasteiger partial charge in [-0.25, -0.2) is 9.97 Å². The van der Waals surface area contributed by atoms with Crippen molar-refractivity contribution in [2.24, 2.45) is 5.41 Å². The van der Waals surface area contributed by atoms with Gasteiger partial charge in [0.2, 0.25) is 5.95 Å². The number of rotatable bonds is 3. The molecule has 0 unspecified atom stereocenters. The number of benzene rings is 1. The van der Waals surface area contributed by atoms with Gasteiger partial charge in [0.15, 0.2) is 5.65 Å². The third kappa shape index (κ3) is 3.52. The van der Waals surface area contributed by atoms with E-state index < -0.39 is 0 Å². The second-order valence-corrected chi connectivity index (χ2v) is 10.4. The van der Waals surface area contributed by atoms with Crippen LogP contribution < -0.4 is 4.90 Å². The summed E-state index contributed by atoms with van der Waals surface area (Å²) < 4.78 is 8.01. The van der Waals surface area contributed by atoms with E-state index in [9.17, 15) is 0 Å². The number of pyridine rings is 1. The lowest BCUT2D eigenvalue weighted by Gasteiger charge is -2.39. The summed E-state index contributed by atoms with van der Waals surface area (Å²) in [4.78, 5) is 18.5. The van der Waals surface area contributed by atoms with E-state index in [-0.39, 0.29) is 0 Å². The fourth-order valence-electron chi connectivity index (χ4n) is 5.07. The van der Waals surface area contributed by atoms with Crippen LogP contribution in [0.2, 0.25) is 5.02 Å². The summed E-state index contributed by atoms with van der Waals surface area (Å²) in [5, 5.41) is 1.76. The molecule has 0 saturated carbocycles. The lowest BCUT2D eigenvalue weighted by Crippen LogP contribution is -2.41. The molecule has 1 atom stereocenters. The first-order valence-corrected chi connectivity index (χ1v) is 12.2. The van der Waals surface area contributed by atoms with E-state index in [0.717, 1.165) is 64.8 Å². The van der Waals surface area contributed by atoms with Crippen molar-refractivity contribution in [1.29, 1.82) is 0 Å². The van der Waals surface area contributed by atoms with Crippen LogP contribution in [0.25, 0.3) is 16.6 Å². The van der Waals surface area contributed by atoms with Gasteiger partial charge in [-0.15, -0.1) is 0 Å². The Bertz CT molecular complexity index is 1300. The molecule has 1 spiro atoms. The number of anilines is 1. The Morgan fingerprint density at radius 1 is 1.09 bits per heavy atom. The molecular weight excluding hydrogens is 442 g/mol. The number of fused-ring (bicyclic) bond motifs is 2. The second kappa shape index (κ2) is 7.90. The highest BCUT2D eigenvalue weighted by molar-refractivity contribution is 7.99. The molecule has 0 radical (unpaired) electrons. The van der Waals surface area contributed by atoms with Gasteiger partial charge in [-0.2, -0.15) is 0 Å². The van der Waals surface area contributed by atoms with Gasteiger partial charge in [-0.1, -0.05) is 29.4 Å². The number of nitrogens with zero attached hydrogens (tertiary/aromatic N) is 5. The summed E-state index contributed by atoms with van der Waals surface area (Å²) in [6.45, 7) is 5.09. The quantitative estimate of drug-likeness (QED) is 0.399. The predicted molar refractivity (Wildman–Crippen MR) is 128 cm³/mol. The Morgan fingerprint density at radius 3 is 2.78 bits per heavy atom. The van der Waals surface area contributed by atoms with Gasteiger partial charge < -0.3 is 9.64 Å². The molecule has 6 rings (SSSR count). The Hall–Kier alpha value is -2.35. The number of halogens is 1. The van der Waals surface area contributed by atoms with Crippen LogP contribution in [0, 0.1) is 5.41 Å². The molecule has 2 aliphatic rings. The van der Waals surface area contributed by atoms with Crippen LogP contribution in [-0.4, -0.2) is 45.2 Å². The molecule has 32 heavy (non-hydrogen) atoms. The summed E-state index contributed by atoms with van der Waals surface area (Å²) in [5.41, 5.74) is 2.17. The smallest absolute Gasteiger partial charge is 0.211 e. The zero-order chi connectivity index (χ0) is 21.7. The standard InChI is InChI=1S/C24H24ClN5OS/c1-16-13-24(15-31-16)5-9-29(10-6-24)23-28-14-21(22-27-8-11-30(22)23)32-20-4-7-26-19-12-17(25)2-3-18(19)20/h2-4,7-8,11-12,14,16H,5-6,9-10,13,15H2,1H3/t16-/m0/s1. The van der Waals surface area contributed by atoms with Crippen molar-refractivity contribution < 1.29 is 4.74 Å². The van der Waals surface area contributed by atoms with Gasteiger partial charge in [0.1, 0.15) is 0 Å². The van der Waals surface area contributed by atoms with Gasteiger partial charge in [0.05, 0.1) is 23.1 Å². The lowest BCUT2D eigenvalue weighted by atomic mass is 9.77. The number of hydrogen-bond donors (Lipinski definition) is 0. The molecule has 2 saturated heterocycles. The van der Waals surface area contributed by atoms with E-state index >= 15 is 0 Å². The summed E-state index contributed by atoms with van der Waals surface area (Å²) in [6.07, 6.45) is 11.5. The summed E-state index contributed by atoms with van der Waals surface area (Å²) in [7, 11) is 0. The van der Waals surface area contributed by atoms with Gasteiger partial charge in [0, 0.05) is 53.2 Å². The molecule has 0 aliphatic carbocycles. The van der Waals surface area contributed by atoms with Crippen molar-refractivity contribution in [3.63, 3.8) is 0 Å². The average molecular weight is 466 g/mol. The van der Waals surface area contributed by atoms with Crippen molar-refractivity contribution in [3.8, 4) is 0 Å². The van der Waals surface area contributed by atoms with Crippen LogP contribution in [0.5, 0.6) is 0 Å². The highest BCUT2D eigenvalue weighted by Crippen LogP contribution is 2.43. The maximum absolute atomic E-state index is 6.15. The zero-order valence-corrected chi connectivity index (χ0v) is 19.4. The van der Waals surface area contributed by atoms with Crippen molar-refractivity contribution in [1.82, 2.24) is 19.4 Å². The Labute approximate surface area is 196 Å². The highest BCUT2D eigenvalue weighted by Gasteiger charge is 2.41. The summed E-state index contributed by atoms with van der Waals surface area (Å²) >= 11 is 7.81. The minimum atomic E-state index is 0.352. The maximum Gasteiger partial charge on any atom is 0.211 e. The summed E-state index contributed by atoms with van der Waals surface area (Å²) in [6, 6.07) is 7.85. The zero-order valence-electron chi connectivity index (χ0n) is 17.9. The molecule has 2 aliphatic heterocycles. The summed E-state index contributed by atoms with van der Waals surface area (Å²) in [5.74, 6) is 0.968. The molecule has 0 bridgehead atoms. The minimum Gasteiger partial charge on any atom is -0.378 e. The normalized spacial score (nSPS) is 20.6. The SMILES string of the molecule is C[C@H]1CC2(CCN(c3ncc(Sc4ccnc5cc(Cl)ccc45)c4nccn34)CC2)CO1. The Kier molecular flexibility index (Phi) is 5.01. The van der Waals surface area contributed by atoms with Crippen molar-refractivity contribution in [2.75, 3.05) is 24.6 Å². The molecule has 3 aromatic heterocycles. The molecular formula is C24H24ClN5OS. The predicted octanol–water partition coefficient (Wildman–Crippen LogP) is 5.48. The molecule has 8 heteroatoms. The van der Waals surface area contributed by atoms with Crippen LogP contribution in [0.3, 0.4) is 0 Å². The first kappa shape index (κ1) is 20.3. The molecule has 164 valence electrons. The van der Waals surface area contributed by atoms with Gasteiger partial charge in [-0.3, -0.25) is 9.38 Å². The minimum absolute atomic E-state index is 0.352. The van der Waals surface area contributed by atoms with Gasteiger partial charge in [0.25, 0.3) is 0 Å². The van der Waals surface area contributed by atoms with Crippen molar-refractivity contribution in [3.05, 3.63) is 54.1 Å². The van der Waals surface area contributed by atoms with E-state index in [1.807, 2.05) is 49.1 Å². The fraction of sp³-hybridized carbons (Fsp3) is 0.375. The number of imidazole rings is 1. The molecule has 0 N–H and O–H groups in total. The molecule has 2 fully saturated rings. The van der Waals surface area contributed by atoms with Crippen LogP contribution in [-0.2, 0) is 4.74 Å². The van der Waals surface area contributed by atoms with E-state index in [0.29, 0.717) is 16.5 Å². The van der Waals surface area contributed by atoms with E-state index in [4.69, 9.17) is 21.3 Å². The third-order valence-electron chi connectivity index (χ3n) is 6.76. The van der Waals surface area contributed by atoms with E-state index in [2.05, 4.69) is 26.2 Å². The number of hydrogen-bond acceptors (Lipinski definition) is 6.